The lowest BCUT2D eigenvalue weighted by molar-refractivity contribution is -0.118. The Morgan fingerprint density at radius 2 is 1.84 bits per heavy atom. The van der Waals surface area contributed by atoms with Crippen molar-refractivity contribution in [3.05, 3.63) is 94.5 Å². The van der Waals surface area contributed by atoms with Crippen molar-refractivity contribution in [3.8, 4) is 17.1 Å². The molecule has 0 saturated heterocycles. The lowest BCUT2D eigenvalue weighted by Crippen LogP contribution is -2.20. The zero-order valence-electron chi connectivity index (χ0n) is 17.3. The van der Waals surface area contributed by atoms with E-state index < -0.39 is 0 Å². The Bertz CT molecular complexity index is 1240. The largest absolute Gasteiger partial charge is 0.272 e. The smallest absolute Gasteiger partial charge is 0.250 e. The van der Waals surface area contributed by atoms with Gasteiger partial charge in [-0.05, 0) is 36.8 Å². The van der Waals surface area contributed by atoms with Gasteiger partial charge in [-0.25, -0.2) is 5.43 Å². The molecule has 4 aromatic rings. The Labute approximate surface area is 198 Å². The van der Waals surface area contributed by atoms with Gasteiger partial charge < -0.3 is 0 Å². The highest BCUT2D eigenvalue weighted by atomic mass is 79.9. The molecule has 1 amide bonds. The lowest BCUT2D eigenvalue weighted by Gasteiger charge is -2.10. The van der Waals surface area contributed by atoms with Gasteiger partial charge in [-0.1, -0.05) is 87.9 Å². The normalized spacial score (nSPS) is 11.1. The molecule has 0 aliphatic rings. The molecule has 0 atom stereocenters. The Balaban J connectivity index is 1.49. The highest BCUT2D eigenvalue weighted by Crippen LogP contribution is 2.28. The molecule has 6 nitrogen and oxygen atoms in total. The van der Waals surface area contributed by atoms with E-state index >= 15 is 0 Å². The second-order valence-corrected chi connectivity index (χ2v) is 8.84. The number of hydrogen-bond acceptors (Lipinski definition) is 5. The zero-order chi connectivity index (χ0) is 22.3. The molecule has 0 aliphatic heterocycles. The van der Waals surface area contributed by atoms with E-state index in [4.69, 9.17) is 0 Å². The number of carbonyl (C=O) groups excluding carboxylic acids is 1. The molecular formula is C24H20BrN5OS. The van der Waals surface area contributed by atoms with Gasteiger partial charge in [-0.3, -0.25) is 9.36 Å². The fraction of sp³-hybridized carbons (Fsp3) is 0.0833. The van der Waals surface area contributed by atoms with E-state index in [1.165, 1.54) is 17.3 Å². The van der Waals surface area contributed by atoms with Crippen LogP contribution < -0.4 is 5.43 Å². The van der Waals surface area contributed by atoms with Crippen LogP contribution in [-0.4, -0.2) is 32.6 Å². The van der Waals surface area contributed by atoms with E-state index in [1.54, 1.807) is 6.21 Å². The number of aryl methyl sites for hydroxylation is 1. The SMILES string of the molecule is Cc1ccc(-c2nnc(SCC(=O)N/N=C/c3cccc(Br)c3)n2-c2ccccc2)cc1. The third-order valence-corrected chi connectivity index (χ3v) is 5.96. The van der Waals surface area contributed by atoms with Gasteiger partial charge in [0, 0.05) is 15.7 Å². The minimum absolute atomic E-state index is 0.161. The molecular weight excluding hydrogens is 486 g/mol. The number of halogens is 1. The monoisotopic (exact) mass is 505 g/mol. The predicted octanol–water partition coefficient (Wildman–Crippen LogP) is 5.25. The number of aromatic nitrogens is 3. The van der Waals surface area contributed by atoms with Crippen LogP contribution in [0.15, 0.2) is 93.6 Å². The van der Waals surface area contributed by atoms with Crippen LogP contribution >= 0.6 is 27.7 Å². The first kappa shape index (κ1) is 22.0. The van der Waals surface area contributed by atoms with Crippen LogP contribution in [-0.2, 0) is 4.79 Å². The number of nitrogens with zero attached hydrogens (tertiary/aromatic N) is 4. The molecule has 1 heterocycles. The molecule has 0 fully saturated rings. The summed E-state index contributed by atoms with van der Waals surface area (Å²) in [4.78, 5) is 12.3. The lowest BCUT2D eigenvalue weighted by atomic mass is 10.1. The van der Waals surface area contributed by atoms with Crippen molar-refractivity contribution in [1.29, 1.82) is 0 Å². The average molecular weight is 506 g/mol. The van der Waals surface area contributed by atoms with Gasteiger partial charge in [-0.2, -0.15) is 5.10 Å². The third kappa shape index (κ3) is 5.52. The summed E-state index contributed by atoms with van der Waals surface area (Å²) in [5, 5.41) is 13.4. The summed E-state index contributed by atoms with van der Waals surface area (Å²) in [7, 11) is 0. The molecule has 0 unspecified atom stereocenters. The number of benzene rings is 3. The van der Waals surface area contributed by atoms with Crippen LogP contribution in [0.2, 0.25) is 0 Å². The molecule has 0 aliphatic carbocycles. The second kappa shape index (κ2) is 10.4. The van der Waals surface area contributed by atoms with Crippen LogP contribution in [0.3, 0.4) is 0 Å². The summed E-state index contributed by atoms with van der Waals surface area (Å²) < 4.78 is 2.92. The molecule has 1 aromatic heterocycles. The van der Waals surface area contributed by atoms with Crippen molar-refractivity contribution in [3.63, 3.8) is 0 Å². The van der Waals surface area contributed by atoms with Gasteiger partial charge in [0.1, 0.15) is 0 Å². The van der Waals surface area contributed by atoms with E-state index in [9.17, 15) is 4.79 Å². The van der Waals surface area contributed by atoms with Crippen LogP contribution in [0.1, 0.15) is 11.1 Å². The van der Waals surface area contributed by atoms with Gasteiger partial charge in [0.15, 0.2) is 11.0 Å². The molecule has 8 heteroatoms. The van der Waals surface area contributed by atoms with Gasteiger partial charge in [0.25, 0.3) is 5.91 Å². The van der Waals surface area contributed by atoms with Gasteiger partial charge in [0.05, 0.1) is 12.0 Å². The molecule has 0 saturated carbocycles. The molecule has 32 heavy (non-hydrogen) atoms. The molecule has 0 bridgehead atoms. The van der Waals surface area contributed by atoms with Gasteiger partial charge in [0.2, 0.25) is 0 Å². The highest BCUT2D eigenvalue weighted by Gasteiger charge is 2.17. The maximum Gasteiger partial charge on any atom is 0.250 e. The van der Waals surface area contributed by atoms with Gasteiger partial charge in [-0.15, -0.1) is 10.2 Å². The van der Waals surface area contributed by atoms with Crippen molar-refractivity contribution in [2.45, 2.75) is 12.1 Å². The zero-order valence-corrected chi connectivity index (χ0v) is 19.7. The summed E-state index contributed by atoms with van der Waals surface area (Å²) in [6, 6.07) is 25.7. The first-order valence-electron chi connectivity index (χ1n) is 9.88. The van der Waals surface area contributed by atoms with Crippen LogP contribution in [0.4, 0.5) is 0 Å². The molecule has 0 radical (unpaired) electrons. The standard InChI is InChI=1S/C24H20BrN5OS/c1-17-10-12-19(13-11-17)23-28-29-24(30(23)21-8-3-2-4-9-21)32-16-22(31)27-26-15-18-6-5-7-20(25)14-18/h2-15H,16H2,1H3,(H,27,31)/b26-15+. The summed E-state index contributed by atoms with van der Waals surface area (Å²) in [6.07, 6.45) is 1.61. The van der Waals surface area contributed by atoms with Crippen molar-refractivity contribution in [2.75, 3.05) is 5.75 Å². The van der Waals surface area contributed by atoms with Gasteiger partial charge >= 0.3 is 0 Å². The fourth-order valence-electron chi connectivity index (χ4n) is 2.99. The van der Waals surface area contributed by atoms with Crippen molar-refractivity contribution in [2.24, 2.45) is 5.10 Å². The average Bonchev–Trinajstić information content (AvgIpc) is 3.23. The van der Waals surface area contributed by atoms with Crippen LogP contribution in [0, 0.1) is 6.92 Å². The van der Waals surface area contributed by atoms with E-state index in [0.717, 1.165) is 27.1 Å². The summed E-state index contributed by atoms with van der Waals surface area (Å²) in [5.41, 5.74) is 6.52. The van der Waals surface area contributed by atoms with E-state index in [1.807, 2.05) is 90.4 Å². The highest BCUT2D eigenvalue weighted by molar-refractivity contribution is 9.10. The number of nitrogens with one attached hydrogen (secondary N) is 1. The first-order valence-corrected chi connectivity index (χ1v) is 11.7. The Kier molecular flexibility index (Phi) is 7.14. The molecule has 1 N–H and O–H groups in total. The number of thioether (sulfide) groups is 1. The van der Waals surface area contributed by atoms with Crippen molar-refractivity contribution >= 4 is 39.8 Å². The summed E-state index contributed by atoms with van der Waals surface area (Å²) in [5.74, 6) is 0.668. The number of rotatable bonds is 7. The van der Waals surface area contributed by atoms with Crippen molar-refractivity contribution < 1.29 is 4.79 Å². The fourth-order valence-corrected chi connectivity index (χ4v) is 4.15. The number of hydrazone groups is 1. The molecule has 160 valence electrons. The maximum atomic E-state index is 12.3. The number of amides is 1. The van der Waals surface area contributed by atoms with E-state index in [2.05, 4.69) is 36.7 Å². The number of hydrogen-bond donors (Lipinski definition) is 1. The Morgan fingerprint density at radius 1 is 1.06 bits per heavy atom. The quantitative estimate of drug-likeness (QED) is 0.211. The Morgan fingerprint density at radius 3 is 2.59 bits per heavy atom. The topological polar surface area (TPSA) is 72.2 Å². The summed E-state index contributed by atoms with van der Waals surface area (Å²) >= 11 is 4.73. The predicted molar refractivity (Wildman–Crippen MR) is 132 cm³/mol. The van der Waals surface area contributed by atoms with Crippen LogP contribution in [0.5, 0.6) is 0 Å². The maximum absolute atomic E-state index is 12.3. The van der Waals surface area contributed by atoms with E-state index in [0.29, 0.717) is 5.16 Å². The number of para-hydroxylation sites is 1. The van der Waals surface area contributed by atoms with Crippen LogP contribution in [0.25, 0.3) is 17.1 Å². The third-order valence-electron chi connectivity index (χ3n) is 4.54. The second-order valence-electron chi connectivity index (χ2n) is 6.98. The summed E-state index contributed by atoms with van der Waals surface area (Å²) in [6.45, 7) is 2.05. The molecule has 4 rings (SSSR count). The minimum atomic E-state index is -0.222. The molecule has 0 spiro atoms. The van der Waals surface area contributed by atoms with E-state index in [-0.39, 0.29) is 11.7 Å². The Hall–Kier alpha value is -3.23. The first-order chi connectivity index (χ1) is 15.6. The number of carbonyl (C=O) groups is 1. The molecule has 3 aromatic carbocycles. The van der Waals surface area contributed by atoms with Crippen molar-refractivity contribution in [1.82, 2.24) is 20.2 Å². The minimum Gasteiger partial charge on any atom is -0.272 e.